The van der Waals surface area contributed by atoms with Gasteiger partial charge in [0.05, 0.1) is 0 Å². The minimum Gasteiger partial charge on any atom is -0.0972 e. The summed E-state index contributed by atoms with van der Waals surface area (Å²) >= 11 is 2.25. The number of benzene rings is 1. The van der Waals surface area contributed by atoms with E-state index in [0.717, 1.165) is 0 Å². The lowest BCUT2D eigenvalue weighted by Crippen LogP contribution is -2.34. The zero-order valence-corrected chi connectivity index (χ0v) is 10.6. The largest absolute Gasteiger partial charge is 0.198 e. The molecule has 2 fully saturated rings. The van der Waals surface area contributed by atoms with Gasteiger partial charge in [0.2, 0.25) is 0 Å². The van der Waals surface area contributed by atoms with E-state index >= 15 is 0 Å². The molecule has 0 aromatic heterocycles. The summed E-state index contributed by atoms with van der Waals surface area (Å²) in [5, 5.41) is 0. The van der Waals surface area contributed by atoms with E-state index in [0.29, 0.717) is 15.0 Å². The van der Waals surface area contributed by atoms with E-state index in [4.69, 9.17) is 0 Å². The van der Waals surface area contributed by atoms with Crippen molar-refractivity contribution in [1.82, 2.24) is 0 Å². The van der Waals surface area contributed by atoms with Crippen molar-refractivity contribution in [3.05, 3.63) is 35.9 Å². The number of hydrogen-bond acceptors (Lipinski definition) is 1. The van der Waals surface area contributed by atoms with Crippen LogP contribution in [0.3, 0.4) is 0 Å². The smallest absolute Gasteiger partial charge is 0.0972 e. The Morgan fingerprint density at radius 3 is 2.73 bits per heavy atom. The van der Waals surface area contributed by atoms with Gasteiger partial charge in [-0.15, -0.1) is 0 Å². The summed E-state index contributed by atoms with van der Waals surface area (Å²) in [6.07, 6.45) is 4.32. The van der Waals surface area contributed by atoms with Gasteiger partial charge in [-0.25, -0.2) is 0 Å². The van der Waals surface area contributed by atoms with Gasteiger partial charge in [-0.3, -0.25) is 0 Å². The maximum Gasteiger partial charge on any atom is 0.198 e. The third kappa shape index (κ3) is 1.62. The van der Waals surface area contributed by atoms with E-state index < -0.39 is 0 Å². The maximum absolute atomic E-state index is 2.35. The zero-order chi connectivity index (χ0) is 10.1. The van der Waals surface area contributed by atoms with Gasteiger partial charge in [0.1, 0.15) is 11.5 Å². The van der Waals surface area contributed by atoms with Gasteiger partial charge in [-0.05, 0) is 6.42 Å². The minimum atomic E-state index is 0.527. The quantitative estimate of drug-likeness (QED) is 0.675. The molecule has 0 radical (unpaired) electrons. The van der Waals surface area contributed by atoms with Crippen LogP contribution in [0, 0.1) is 0 Å². The fourth-order valence-electron chi connectivity index (χ4n) is 2.77. The molecule has 2 saturated heterocycles. The predicted molar refractivity (Wildman–Crippen MR) is 71.5 cm³/mol. The van der Waals surface area contributed by atoms with Crippen LogP contribution in [0.15, 0.2) is 30.3 Å². The Labute approximate surface area is 99.2 Å². The number of thioether (sulfide) groups is 1. The van der Waals surface area contributed by atoms with Crippen molar-refractivity contribution < 1.29 is 0 Å². The molecule has 0 saturated carbocycles. The van der Waals surface area contributed by atoms with Crippen molar-refractivity contribution in [3.63, 3.8) is 0 Å². The summed E-state index contributed by atoms with van der Waals surface area (Å²) in [6, 6.07) is 11.3. The Hall–Kier alpha value is -0.0800. The van der Waals surface area contributed by atoms with E-state index in [1.165, 1.54) is 36.5 Å². The molecule has 80 valence electrons. The van der Waals surface area contributed by atoms with Crippen LogP contribution in [-0.4, -0.2) is 17.3 Å². The lowest BCUT2D eigenvalue weighted by atomic mass is 10.1. The third-order valence-electron chi connectivity index (χ3n) is 3.45. The van der Waals surface area contributed by atoms with E-state index in [-0.39, 0.29) is 0 Å². The summed E-state index contributed by atoms with van der Waals surface area (Å²) in [6.45, 7) is 0. The van der Waals surface area contributed by atoms with Crippen LogP contribution in [-0.2, 0) is 15.0 Å². The Balaban J connectivity index is 2.00. The van der Waals surface area contributed by atoms with Gasteiger partial charge in [-0.1, -0.05) is 42.1 Å². The lowest BCUT2D eigenvalue weighted by molar-refractivity contribution is 0.773. The molecule has 0 nitrogen and oxygen atoms in total. The molecule has 0 bridgehead atoms. The van der Waals surface area contributed by atoms with Crippen molar-refractivity contribution in [2.45, 2.75) is 23.3 Å². The van der Waals surface area contributed by atoms with Crippen molar-refractivity contribution in [1.29, 1.82) is 0 Å². The van der Waals surface area contributed by atoms with Crippen molar-refractivity contribution in [2.24, 2.45) is 0 Å². The van der Waals surface area contributed by atoms with Gasteiger partial charge < -0.3 is 0 Å². The summed E-state index contributed by atoms with van der Waals surface area (Å²) in [7, 11) is 0.668. The van der Waals surface area contributed by atoms with E-state index in [2.05, 4.69) is 42.1 Å². The van der Waals surface area contributed by atoms with E-state index in [1.54, 1.807) is 5.56 Å². The third-order valence-corrected chi connectivity index (χ3v) is 8.84. The molecular formula is C13H17S2+. The Bertz CT molecular complexity index is 336. The van der Waals surface area contributed by atoms with Crippen molar-refractivity contribution >= 4 is 22.7 Å². The van der Waals surface area contributed by atoms with Gasteiger partial charge >= 0.3 is 0 Å². The van der Waals surface area contributed by atoms with Crippen LogP contribution in [0.2, 0.25) is 0 Å². The molecule has 0 spiro atoms. The molecule has 0 amide bonds. The molecule has 2 atom stereocenters. The van der Waals surface area contributed by atoms with Crippen LogP contribution in [0.25, 0.3) is 0 Å². The topological polar surface area (TPSA) is 0 Å². The maximum atomic E-state index is 2.35. The summed E-state index contributed by atoms with van der Waals surface area (Å²) in [5.41, 5.74) is 1.61. The standard InChI is InChI=1S/C13H17S2/c1-2-6-12(7-3-1)13-8-4-10-15(13)11-5-9-14-13/h1-3,6-7H,4-5,8-11H2/q+1. The zero-order valence-electron chi connectivity index (χ0n) is 8.95. The predicted octanol–water partition coefficient (Wildman–Crippen LogP) is 3.39. The molecule has 3 rings (SSSR count). The summed E-state index contributed by atoms with van der Waals surface area (Å²) in [5.74, 6) is 4.35. The fourth-order valence-corrected chi connectivity index (χ4v) is 8.33. The summed E-state index contributed by atoms with van der Waals surface area (Å²) in [4.78, 5) is 0. The highest BCUT2D eigenvalue weighted by molar-refractivity contribution is 8.16. The molecular weight excluding hydrogens is 220 g/mol. The Morgan fingerprint density at radius 1 is 1.07 bits per heavy atom. The second-order valence-corrected chi connectivity index (χ2v) is 8.48. The number of fused-ring (bicyclic) bond motifs is 1. The van der Waals surface area contributed by atoms with Crippen LogP contribution in [0.5, 0.6) is 0 Å². The van der Waals surface area contributed by atoms with Gasteiger partial charge in [0.15, 0.2) is 4.08 Å². The monoisotopic (exact) mass is 237 g/mol. The number of rotatable bonds is 1. The van der Waals surface area contributed by atoms with Gasteiger partial charge in [-0.2, -0.15) is 0 Å². The highest BCUT2D eigenvalue weighted by Gasteiger charge is 2.54. The van der Waals surface area contributed by atoms with Crippen molar-refractivity contribution in [3.8, 4) is 0 Å². The second kappa shape index (κ2) is 4.06. The normalized spacial score (nSPS) is 35.1. The fraction of sp³-hybridized carbons (Fsp3) is 0.538. The minimum absolute atomic E-state index is 0.527. The second-order valence-electron chi connectivity index (χ2n) is 4.33. The highest BCUT2D eigenvalue weighted by Crippen LogP contribution is 2.54. The molecule has 2 aliphatic heterocycles. The molecule has 2 heterocycles. The van der Waals surface area contributed by atoms with E-state index in [9.17, 15) is 0 Å². The van der Waals surface area contributed by atoms with Crippen LogP contribution in [0.4, 0.5) is 0 Å². The van der Waals surface area contributed by atoms with Crippen LogP contribution < -0.4 is 0 Å². The summed E-state index contributed by atoms with van der Waals surface area (Å²) < 4.78 is 0.527. The molecule has 2 unspecified atom stereocenters. The van der Waals surface area contributed by atoms with Gasteiger partial charge in [0, 0.05) is 35.1 Å². The average molecular weight is 237 g/mol. The van der Waals surface area contributed by atoms with E-state index in [1.807, 2.05) is 0 Å². The van der Waals surface area contributed by atoms with Crippen LogP contribution >= 0.6 is 11.8 Å². The molecule has 15 heavy (non-hydrogen) atoms. The molecule has 2 aliphatic rings. The molecule has 0 N–H and O–H groups in total. The average Bonchev–Trinajstić information content (AvgIpc) is 2.75. The van der Waals surface area contributed by atoms with Crippen LogP contribution in [0.1, 0.15) is 24.8 Å². The number of hydrogen-bond donors (Lipinski definition) is 0. The first-order valence-electron chi connectivity index (χ1n) is 5.79. The molecule has 2 heteroatoms. The highest BCUT2D eigenvalue weighted by atomic mass is 32.2. The van der Waals surface area contributed by atoms with Gasteiger partial charge in [0.25, 0.3) is 0 Å². The lowest BCUT2D eigenvalue weighted by Gasteiger charge is -2.31. The first kappa shape index (κ1) is 10.1. The first-order chi connectivity index (χ1) is 7.42. The molecule has 0 aliphatic carbocycles. The molecule has 1 aromatic carbocycles. The SMILES string of the molecule is c1ccc(C23CCC[S+]2CCCS3)cc1. The first-order valence-corrected chi connectivity index (χ1v) is 8.34. The Morgan fingerprint density at radius 2 is 1.87 bits per heavy atom. The Kier molecular flexibility index (Phi) is 2.73. The van der Waals surface area contributed by atoms with Crippen molar-refractivity contribution in [2.75, 3.05) is 17.3 Å². The molecule has 1 aromatic rings.